The molecule has 0 aliphatic heterocycles. The number of nitrogens with zero attached hydrogens (tertiary/aromatic N) is 1. The van der Waals surface area contributed by atoms with Crippen molar-refractivity contribution in [2.45, 2.75) is 6.42 Å². The maximum Gasteiger partial charge on any atom is 0.309 e. The van der Waals surface area contributed by atoms with Crippen molar-refractivity contribution in [1.82, 2.24) is 10.2 Å². The summed E-state index contributed by atoms with van der Waals surface area (Å²) in [5.74, 6) is -0.243. The first-order valence-corrected chi connectivity index (χ1v) is 4.96. The number of esters is 1. The number of nitrogens with one attached hydrogen (secondary N) is 1. The smallest absolute Gasteiger partial charge is 0.309 e. The molecule has 2 aromatic rings. The Balaban J connectivity index is 2.20. The fourth-order valence-electron chi connectivity index (χ4n) is 1.50. The second kappa shape index (κ2) is 4.61. The molecule has 0 unspecified atom stereocenters. The number of methoxy groups -OCH3 is 1. The highest BCUT2D eigenvalue weighted by Gasteiger charge is 1.99. The maximum absolute atomic E-state index is 10.9. The van der Waals surface area contributed by atoms with Crippen LogP contribution in [0.15, 0.2) is 30.5 Å². The molecule has 0 fully saturated rings. The molecule has 4 heteroatoms. The standard InChI is InChI=1S/C12H12N2O2/c1-16-11(15)7-3-5-9-4-2-6-10-8-13-14-12(9)10/h2-6,8H,7H2,1H3,(H,13,14). The highest BCUT2D eigenvalue weighted by molar-refractivity contribution is 5.87. The number of H-pyrrole nitrogens is 1. The number of aromatic amines is 1. The largest absolute Gasteiger partial charge is 0.469 e. The zero-order valence-electron chi connectivity index (χ0n) is 8.93. The molecule has 0 amide bonds. The van der Waals surface area contributed by atoms with Crippen LogP contribution in [0.2, 0.25) is 0 Å². The third kappa shape index (κ3) is 2.11. The van der Waals surface area contributed by atoms with Gasteiger partial charge in [-0.05, 0) is 5.56 Å². The summed E-state index contributed by atoms with van der Waals surface area (Å²) in [6.45, 7) is 0. The van der Waals surface area contributed by atoms with Crippen LogP contribution in [0, 0.1) is 0 Å². The van der Waals surface area contributed by atoms with Crippen molar-refractivity contribution in [2.24, 2.45) is 0 Å². The number of fused-ring (bicyclic) bond motifs is 1. The average molecular weight is 216 g/mol. The summed E-state index contributed by atoms with van der Waals surface area (Å²) in [5.41, 5.74) is 1.99. The van der Waals surface area contributed by atoms with Gasteiger partial charge in [-0.25, -0.2) is 0 Å². The molecule has 0 spiro atoms. The van der Waals surface area contributed by atoms with Crippen molar-refractivity contribution in [3.05, 3.63) is 36.0 Å². The van der Waals surface area contributed by atoms with Crippen molar-refractivity contribution in [3.63, 3.8) is 0 Å². The van der Waals surface area contributed by atoms with Gasteiger partial charge in [-0.3, -0.25) is 9.89 Å². The van der Waals surface area contributed by atoms with Crippen molar-refractivity contribution >= 4 is 22.9 Å². The van der Waals surface area contributed by atoms with Gasteiger partial charge in [0.2, 0.25) is 0 Å². The summed E-state index contributed by atoms with van der Waals surface area (Å²) in [5, 5.41) is 7.95. The van der Waals surface area contributed by atoms with E-state index in [0.29, 0.717) is 0 Å². The van der Waals surface area contributed by atoms with E-state index in [1.54, 1.807) is 12.3 Å². The molecule has 0 radical (unpaired) electrons. The molecule has 0 saturated carbocycles. The molecule has 16 heavy (non-hydrogen) atoms. The SMILES string of the molecule is COC(=O)CC=Cc1cccc2cn[nH]c12. The second-order valence-corrected chi connectivity index (χ2v) is 3.36. The Kier molecular flexibility index (Phi) is 3.00. The summed E-state index contributed by atoms with van der Waals surface area (Å²) in [7, 11) is 1.38. The Bertz CT molecular complexity index is 529. The van der Waals surface area contributed by atoms with E-state index >= 15 is 0 Å². The lowest BCUT2D eigenvalue weighted by atomic mass is 10.1. The Labute approximate surface area is 92.9 Å². The van der Waals surface area contributed by atoms with E-state index in [-0.39, 0.29) is 12.4 Å². The van der Waals surface area contributed by atoms with E-state index < -0.39 is 0 Å². The molecule has 0 aliphatic rings. The molecule has 1 heterocycles. The predicted molar refractivity (Wildman–Crippen MR) is 61.8 cm³/mol. The summed E-state index contributed by atoms with van der Waals surface area (Å²) in [6, 6.07) is 5.90. The lowest BCUT2D eigenvalue weighted by molar-refractivity contribution is -0.139. The Morgan fingerprint density at radius 3 is 3.25 bits per heavy atom. The third-order valence-corrected chi connectivity index (χ3v) is 2.32. The number of para-hydroxylation sites is 1. The van der Waals surface area contributed by atoms with E-state index in [1.165, 1.54) is 7.11 Å². The molecule has 0 atom stereocenters. The van der Waals surface area contributed by atoms with Crippen LogP contribution >= 0.6 is 0 Å². The van der Waals surface area contributed by atoms with Crippen molar-refractivity contribution < 1.29 is 9.53 Å². The van der Waals surface area contributed by atoms with Gasteiger partial charge in [0.05, 0.1) is 25.2 Å². The third-order valence-electron chi connectivity index (χ3n) is 2.32. The van der Waals surface area contributed by atoms with Crippen LogP contribution < -0.4 is 0 Å². The van der Waals surface area contributed by atoms with Gasteiger partial charge in [0, 0.05) is 5.39 Å². The van der Waals surface area contributed by atoms with Gasteiger partial charge in [0.25, 0.3) is 0 Å². The zero-order chi connectivity index (χ0) is 11.4. The van der Waals surface area contributed by atoms with Crippen LogP contribution in [0.1, 0.15) is 12.0 Å². The van der Waals surface area contributed by atoms with Crippen LogP contribution in [0.4, 0.5) is 0 Å². The number of hydrogen-bond acceptors (Lipinski definition) is 3. The van der Waals surface area contributed by atoms with Crippen molar-refractivity contribution in [2.75, 3.05) is 7.11 Å². The highest BCUT2D eigenvalue weighted by atomic mass is 16.5. The summed E-state index contributed by atoms with van der Waals surface area (Å²) >= 11 is 0. The van der Waals surface area contributed by atoms with Crippen molar-refractivity contribution in [1.29, 1.82) is 0 Å². The monoisotopic (exact) mass is 216 g/mol. The minimum Gasteiger partial charge on any atom is -0.469 e. The number of aromatic nitrogens is 2. The Morgan fingerprint density at radius 2 is 2.44 bits per heavy atom. The summed E-state index contributed by atoms with van der Waals surface area (Å²) in [4.78, 5) is 10.9. The molecule has 1 aromatic carbocycles. The molecule has 1 aromatic heterocycles. The minimum absolute atomic E-state index is 0.243. The number of carbonyl (C=O) groups is 1. The minimum atomic E-state index is -0.243. The number of rotatable bonds is 3. The molecule has 82 valence electrons. The lowest BCUT2D eigenvalue weighted by Gasteiger charge is -1.96. The quantitative estimate of drug-likeness (QED) is 0.800. The molecule has 1 N–H and O–H groups in total. The van der Waals surface area contributed by atoms with Crippen LogP contribution in [0.5, 0.6) is 0 Å². The lowest BCUT2D eigenvalue weighted by Crippen LogP contribution is -1.96. The second-order valence-electron chi connectivity index (χ2n) is 3.36. The highest BCUT2D eigenvalue weighted by Crippen LogP contribution is 2.16. The van der Waals surface area contributed by atoms with Gasteiger partial charge in [0.15, 0.2) is 0 Å². The molecule has 0 bridgehead atoms. The Morgan fingerprint density at radius 1 is 1.56 bits per heavy atom. The first kappa shape index (κ1) is 10.4. The maximum atomic E-state index is 10.9. The number of carbonyl (C=O) groups excluding carboxylic acids is 1. The van der Waals surface area contributed by atoms with Crippen LogP contribution in [0.3, 0.4) is 0 Å². The average Bonchev–Trinajstić information content (AvgIpc) is 2.77. The number of ether oxygens (including phenoxy) is 1. The summed E-state index contributed by atoms with van der Waals surface area (Å²) in [6.07, 6.45) is 5.72. The fraction of sp³-hybridized carbons (Fsp3) is 0.167. The molecule has 0 saturated heterocycles. The zero-order valence-corrected chi connectivity index (χ0v) is 8.93. The summed E-state index contributed by atoms with van der Waals surface area (Å²) < 4.78 is 4.55. The van der Waals surface area contributed by atoms with Crippen molar-refractivity contribution in [3.8, 4) is 0 Å². The molecule has 4 nitrogen and oxygen atoms in total. The topological polar surface area (TPSA) is 55.0 Å². The van der Waals surface area contributed by atoms with Gasteiger partial charge < -0.3 is 4.74 Å². The first-order chi connectivity index (χ1) is 7.81. The fourth-order valence-corrected chi connectivity index (χ4v) is 1.50. The van der Waals surface area contributed by atoms with E-state index in [1.807, 2.05) is 24.3 Å². The van der Waals surface area contributed by atoms with E-state index in [4.69, 9.17) is 0 Å². The van der Waals surface area contributed by atoms with Crippen LogP contribution in [-0.2, 0) is 9.53 Å². The molecular weight excluding hydrogens is 204 g/mol. The van der Waals surface area contributed by atoms with Gasteiger partial charge >= 0.3 is 5.97 Å². The number of benzene rings is 1. The normalized spacial score (nSPS) is 11.1. The number of hydrogen-bond donors (Lipinski definition) is 1. The first-order valence-electron chi connectivity index (χ1n) is 4.96. The molecule has 0 aliphatic carbocycles. The van der Waals surface area contributed by atoms with Gasteiger partial charge in [-0.1, -0.05) is 30.4 Å². The predicted octanol–water partition coefficient (Wildman–Crippen LogP) is 2.14. The van der Waals surface area contributed by atoms with Gasteiger partial charge in [-0.15, -0.1) is 0 Å². The van der Waals surface area contributed by atoms with Gasteiger partial charge in [0.1, 0.15) is 0 Å². The van der Waals surface area contributed by atoms with Crippen LogP contribution in [0.25, 0.3) is 17.0 Å². The van der Waals surface area contributed by atoms with E-state index in [2.05, 4.69) is 14.9 Å². The molecular formula is C12H12N2O2. The van der Waals surface area contributed by atoms with Crippen LogP contribution in [-0.4, -0.2) is 23.3 Å². The van der Waals surface area contributed by atoms with Gasteiger partial charge in [-0.2, -0.15) is 5.10 Å². The van der Waals surface area contributed by atoms with E-state index in [0.717, 1.165) is 16.5 Å². The van der Waals surface area contributed by atoms with E-state index in [9.17, 15) is 4.79 Å². The Hall–Kier alpha value is -2.10. The molecule has 2 rings (SSSR count).